The van der Waals surface area contributed by atoms with Gasteiger partial charge in [-0.3, -0.25) is 9.69 Å². The number of halogens is 2. The molecule has 2 saturated heterocycles. The first-order valence-corrected chi connectivity index (χ1v) is 13.9. The van der Waals surface area contributed by atoms with Crippen LogP contribution in [-0.2, 0) is 11.3 Å². The lowest BCUT2D eigenvalue weighted by Gasteiger charge is -2.26. The van der Waals surface area contributed by atoms with Crippen LogP contribution in [0.1, 0.15) is 42.9 Å². The summed E-state index contributed by atoms with van der Waals surface area (Å²) in [6.45, 7) is 1.77. The van der Waals surface area contributed by atoms with Crippen molar-refractivity contribution in [3.05, 3.63) is 71.6 Å². The molecule has 5 aromatic rings. The highest BCUT2D eigenvalue weighted by Gasteiger charge is 2.32. The molecular weight excluding hydrogens is 546 g/mol. The first-order valence-electron chi connectivity index (χ1n) is 13.9. The van der Waals surface area contributed by atoms with Crippen LogP contribution in [0.2, 0.25) is 0 Å². The SMILES string of the molecule is COc1cc2oc(-c3cnn4ccc(N5CCC[C@@H]5c5cc(F)ccc5F)nc34)nc2cc1CN1CCC[C@H]1C(=O)O. The number of fused-ring (bicyclic) bond motifs is 2. The molecule has 2 atom stereocenters. The zero-order chi connectivity index (χ0) is 29.0. The Labute approximate surface area is 239 Å². The number of likely N-dealkylation sites (tertiary alicyclic amines) is 1. The molecule has 12 heteroatoms. The summed E-state index contributed by atoms with van der Waals surface area (Å²) >= 11 is 0. The number of aliphatic carboxylic acids is 1. The third-order valence-electron chi connectivity index (χ3n) is 8.26. The Bertz CT molecular complexity index is 1820. The maximum atomic E-state index is 14.7. The molecule has 0 spiro atoms. The normalized spacial score (nSPS) is 19.4. The van der Waals surface area contributed by atoms with Crippen molar-refractivity contribution in [2.24, 2.45) is 0 Å². The third-order valence-corrected chi connectivity index (χ3v) is 8.26. The fourth-order valence-corrected chi connectivity index (χ4v) is 6.25. The summed E-state index contributed by atoms with van der Waals surface area (Å²) in [6, 6.07) is 8.12. The second kappa shape index (κ2) is 10.4. The monoisotopic (exact) mass is 574 g/mol. The lowest BCUT2D eigenvalue weighted by Crippen LogP contribution is -2.35. The van der Waals surface area contributed by atoms with Crippen LogP contribution in [0.4, 0.5) is 14.6 Å². The highest BCUT2D eigenvalue weighted by atomic mass is 19.1. The van der Waals surface area contributed by atoms with Gasteiger partial charge in [0.15, 0.2) is 11.2 Å². The topological polar surface area (TPSA) is 109 Å². The minimum Gasteiger partial charge on any atom is -0.496 e. The van der Waals surface area contributed by atoms with Crippen LogP contribution in [0.3, 0.4) is 0 Å². The number of aromatic nitrogens is 4. The Morgan fingerprint density at radius 3 is 2.81 bits per heavy atom. The van der Waals surface area contributed by atoms with E-state index in [4.69, 9.17) is 19.1 Å². The molecule has 1 N–H and O–H groups in total. The third kappa shape index (κ3) is 4.51. The molecule has 3 aromatic heterocycles. The van der Waals surface area contributed by atoms with Crippen LogP contribution in [0.15, 0.2) is 53.2 Å². The van der Waals surface area contributed by atoms with E-state index in [9.17, 15) is 18.7 Å². The molecule has 2 fully saturated rings. The Morgan fingerprint density at radius 1 is 1.12 bits per heavy atom. The van der Waals surface area contributed by atoms with Crippen molar-refractivity contribution in [3.8, 4) is 17.2 Å². The molecule has 7 rings (SSSR count). The number of ether oxygens (including phenoxy) is 1. The maximum absolute atomic E-state index is 14.7. The number of oxazole rings is 1. The molecular formula is C30H28F2N6O4. The van der Waals surface area contributed by atoms with Crippen molar-refractivity contribution in [2.75, 3.05) is 25.1 Å². The number of carbonyl (C=O) groups is 1. The second-order valence-electron chi connectivity index (χ2n) is 10.7. The second-order valence-corrected chi connectivity index (χ2v) is 10.7. The van der Waals surface area contributed by atoms with Crippen molar-refractivity contribution in [2.45, 2.75) is 44.3 Å². The smallest absolute Gasteiger partial charge is 0.320 e. The molecule has 2 aliphatic heterocycles. The van der Waals surface area contributed by atoms with Crippen LogP contribution in [0.5, 0.6) is 5.75 Å². The molecule has 2 aromatic carbocycles. The van der Waals surface area contributed by atoms with E-state index < -0.39 is 23.6 Å². The van der Waals surface area contributed by atoms with E-state index in [0.717, 1.165) is 30.5 Å². The predicted octanol–water partition coefficient (Wildman–Crippen LogP) is 5.21. The van der Waals surface area contributed by atoms with Gasteiger partial charge in [-0.15, -0.1) is 0 Å². The van der Waals surface area contributed by atoms with Crippen LogP contribution in [0, 0.1) is 11.6 Å². The van der Waals surface area contributed by atoms with E-state index in [1.807, 2.05) is 21.9 Å². The summed E-state index contributed by atoms with van der Waals surface area (Å²) < 4.78 is 42.0. The zero-order valence-electron chi connectivity index (χ0n) is 22.8. The summed E-state index contributed by atoms with van der Waals surface area (Å²) in [6.07, 6.45) is 6.35. The Kier molecular flexibility index (Phi) is 6.49. The first kappa shape index (κ1) is 26.3. The molecule has 5 heterocycles. The number of nitrogens with zero attached hydrogens (tertiary/aromatic N) is 6. The molecule has 0 unspecified atom stereocenters. The number of anilines is 1. The van der Waals surface area contributed by atoms with E-state index >= 15 is 0 Å². The fraction of sp³-hybridized carbons (Fsp3) is 0.333. The average molecular weight is 575 g/mol. The summed E-state index contributed by atoms with van der Waals surface area (Å²) in [4.78, 5) is 25.2. The van der Waals surface area contributed by atoms with Gasteiger partial charge in [-0.2, -0.15) is 5.10 Å². The number of benzene rings is 2. The van der Waals surface area contributed by atoms with Gasteiger partial charge >= 0.3 is 5.97 Å². The van der Waals surface area contributed by atoms with Gasteiger partial charge in [0.25, 0.3) is 0 Å². The van der Waals surface area contributed by atoms with Crippen molar-refractivity contribution >= 4 is 28.5 Å². The van der Waals surface area contributed by atoms with Crippen LogP contribution in [-0.4, -0.2) is 61.8 Å². The molecule has 216 valence electrons. The number of hydrogen-bond donors (Lipinski definition) is 1. The number of carboxylic acid groups (broad SMARTS) is 1. The molecule has 0 amide bonds. The van der Waals surface area contributed by atoms with Crippen molar-refractivity contribution in [1.82, 2.24) is 24.5 Å². The molecule has 0 radical (unpaired) electrons. The first-order chi connectivity index (χ1) is 20.4. The Morgan fingerprint density at radius 2 is 1.98 bits per heavy atom. The van der Waals surface area contributed by atoms with Crippen molar-refractivity contribution in [1.29, 1.82) is 0 Å². The minimum absolute atomic E-state index is 0.315. The predicted molar refractivity (Wildman–Crippen MR) is 149 cm³/mol. The van der Waals surface area contributed by atoms with Crippen LogP contribution >= 0.6 is 0 Å². The standard InChI is InChI=1S/C30H28F2N6O4/c1-41-25-14-26-22(12-17(25)16-36-9-2-5-24(36)30(39)40)34-29(42-26)20-15-33-38-11-8-27(35-28(20)38)37-10-3-4-23(37)19-13-18(31)6-7-21(19)32/h6-8,11-15,23-24H,2-5,9-10,16H2,1H3,(H,39,40)/t23-,24+/m1/s1. The lowest BCUT2D eigenvalue weighted by molar-refractivity contribution is -0.142. The van der Waals surface area contributed by atoms with Gasteiger partial charge in [-0.05, 0) is 62.6 Å². The molecule has 42 heavy (non-hydrogen) atoms. The quantitative estimate of drug-likeness (QED) is 0.280. The van der Waals surface area contributed by atoms with E-state index in [-0.39, 0.29) is 6.04 Å². The highest BCUT2D eigenvalue weighted by molar-refractivity contribution is 5.82. The summed E-state index contributed by atoms with van der Waals surface area (Å²) in [5, 5.41) is 14.0. The van der Waals surface area contributed by atoms with Crippen LogP contribution in [0.25, 0.3) is 28.2 Å². The van der Waals surface area contributed by atoms with Crippen molar-refractivity contribution < 1.29 is 27.8 Å². The molecule has 2 aliphatic rings. The van der Waals surface area contributed by atoms with Crippen molar-refractivity contribution in [3.63, 3.8) is 0 Å². The fourth-order valence-electron chi connectivity index (χ4n) is 6.25. The maximum Gasteiger partial charge on any atom is 0.320 e. The van der Waals surface area contributed by atoms with Gasteiger partial charge in [-0.1, -0.05) is 0 Å². The summed E-state index contributed by atoms with van der Waals surface area (Å²) in [5.74, 6) is -0.207. The highest BCUT2D eigenvalue weighted by Crippen LogP contribution is 2.38. The molecule has 0 bridgehead atoms. The van der Waals surface area contributed by atoms with E-state index in [1.54, 1.807) is 30.1 Å². The largest absolute Gasteiger partial charge is 0.496 e. The Hall–Kier alpha value is -4.58. The number of rotatable bonds is 7. The van der Waals surface area contributed by atoms with Gasteiger partial charge in [-0.25, -0.2) is 23.3 Å². The molecule has 0 aliphatic carbocycles. The van der Waals surface area contributed by atoms with Crippen LogP contribution < -0.4 is 9.64 Å². The van der Waals surface area contributed by atoms with Gasteiger partial charge in [0.1, 0.15) is 40.3 Å². The number of methoxy groups -OCH3 is 1. The molecule has 0 saturated carbocycles. The van der Waals surface area contributed by atoms with Gasteiger partial charge in [0.2, 0.25) is 5.89 Å². The lowest BCUT2D eigenvalue weighted by atomic mass is 10.0. The average Bonchev–Trinajstić information content (AvgIpc) is 3.78. The Balaban J connectivity index is 1.23. The minimum atomic E-state index is -0.822. The van der Waals surface area contributed by atoms with E-state index in [1.165, 1.54) is 6.07 Å². The summed E-state index contributed by atoms with van der Waals surface area (Å²) in [7, 11) is 1.57. The number of hydrogen-bond acceptors (Lipinski definition) is 8. The number of carboxylic acids is 1. The zero-order valence-corrected chi connectivity index (χ0v) is 22.8. The summed E-state index contributed by atoms with van der Waals surface area (Å²) in [5.41, 5.74) is 3.34. The van der Waals surface area contributed by atoms with Gasteiger partial charge in [0, 0.05) is 36.5 Å². The van der Waals surface area contributed by atoms with Gasteiger partial charge in [0.05, 0.1) is 19.3 Å². The molecule has 10 nitrogen and oxygen atoms in total. The van der Waals surface area contributed by atoms with E-state index in [2.05, 4.69) is 5.10 Å². The van der Waals surface area contributed by atoms with Gasteiger partial charge < -0.3 is 19.2 Å². The van der Waals surface area contributed by atoms with E-state index in [0.29, 0.717) is 77.8 Å².